The molecule has 1 aliphatic rings. The van der Waals surface area contributed by atoms with Crippen LogP contribution in [-0.2, 0) is 11.2 Å². The van der Waals surface area contributed by atoms with Crippen LogP contribution in [0.2, 0.25) is 0 Å². The van der Waals surface area contributed by atoms with E-state index in [1.54, 1.807) is 0 Å². The molecule has 20 heavy (non-hydrogen) atoms. The Balaban J connectivity index is 1.92. The van der Waals surface area contributed by atoms with Crippen molar-refractivity contribution in [3.63, 3.8) is 0 Å². The first-order chi connectivity index (χ1) is 9.78. The Morgan fingerprint density at radius 3 is 2.70 bits per heavy atom. The van der Waals surface area contributed by atoms with E-state index in [2.05, 4.69) is 35.6 Å². The molecule has 2 aromatic rings. The molecule has 0 fully saturated rings. The van der Waals surface area contributed by atoms with Crippen LogP contribution in [0.1, 0.15) is 23.6 Å². The van der Waals surface area contributed by atoms with Gasteiger partial charge in [0.05, 0.1) is 6.04 Å². The quantitative estimate of drug-likeness (QED) is 0.897. The molecular formula is C17H17NO2. The molecule has 0 saturated heterocycles. The molecule has 3 heteroatoms. The maximum atomic E-state index is 11.4. The second-order valence-corrected chi connectivity index (χ2v) is 5.10. The predicted octanol–water partition coefficient (Wildman–Crippen LogP) is 2.45. The Kier molecular flexibility index (Phi) is 3.52. The SMILES string of the molecule is O=C(CO)N[C@@H]1CCc2ccc(-c3ccccc3)cc21. The molecule has 0 unspecified atom stereocenters. The van der Waals surface area contributed by atoms with E-state index in [0.29, 0.717) is 0 Å². The summed E-state index contributed by atoms with van der Waals surface area (Å²) in [6.45, 7) is -0.454. The van der Waals surface area contributed by atoms with Gasteiger partial charge in [0, 0.05) is 0 Å². The van der Waals surface area contributed by atoms with Crippen molar-refractivity contribution in [2.45, 2.75) is 18.9 Å². The lowest BCUT2D eigenvalue weighted by molar-refractivity contribution is -0.124. The number of amides is 1. The maximum absolute atomic E-state index is 11.4. The van der Waals surface area contributed by atoms with Crippen LogP contribution in [0.15, 0.2) is 48.5 Å². The van der Waals surface area contributed by atoms with Crippen LogP contribution >= 0.6 is 0 Å². The molecule has 0 aromatic heterocycles. The number of benzene rings is 2. The highest BCUT2D eigenvalue weighted by Crippen LogP contribution is 2.34. The van der Waals surface area contributed by atoms with E-state index in [-0.39, 0.29) is 11.9 Å². The molecule has 0 saturated carbocycles. The largest absolute Gasteiger partial charge is 0.387 e. The zero-order chi connectivity index (χ0) is 13.9. The topological polar surface area (TPSA) is 49.3 Å². The first kappa shape index (κ1) is 12.9. The third-order valence-corrected chi connectivity index (χ3v) is 3.81. The van der Waals surface area contributed by atoms with Crippen LogP contribution in [0.5, 0.6) is 0 Å². The molecule has 2 aromatic carbocycles. The number of fused-ring (bicyclic) bond motifs is 1. The molecule has 2 N–H and O–H groups in total. The molecule has 1 aliphatic carbocycles. The molecule has 0 bridgehead atoms. The zero-order valence-corrected chi connectivity index (χ0v) is 11.2. The third kappa shape index (κ3) is 2.45. The van der Waals surface area contributed by atoms with Crippen molar-refractivity contribution < 1.29 is 9.90 Å². The zero-order valence-electron chi connectivity index (χ0n) is 11.2. The van der Waals surface area contributed by atoms with Gasteiger partial charge in [-0.1, -0.05) is 42.5 Å². The molecule has 0 aliphatic heterocycles. The van der Waals surface area contributed by atoms with Gasteiger partial charge in [-0.15, -0.1) is 0 Å². The van der Waals surface area contributed by atoms with Crippen molar-refractivity contribution in [1.82, 2.24) is 5.32 Å². The van der Waals surface area contributed by atoms with Gasteiger partial charge in [0.1, 0.15) is 6.61 Å². The van der Waals surface area contributed by atoms with E-state index in [0.717, 1.165) is 18.4 Å². The summed E-state index contributed by atoms with van der Waals surface area (Å²) < 4.78 is 0. The van der Waals surface area contributed by atoms with Crippen molar-refractivity contribution >= 4 is 5.91 Å². The van der Waals surface area contributed by atoms with Gasteiger partial charge in [-0.05, 0) is 41.2 Å². The maximum Gasteiger partial charge on any atom is 0.246 e. The average Bonchev–Trinajstić information content (AvgIpc) is 2.90. The highest BCUT2D eigenvalue weighted by atomic mass is 16.3. The lowest BCUT2D eigenvalue weighted by Crippen LogP contribution is -2.29. The number of aliphatic hydroxyl groups excluding tert-OH is 1. The second kappa shape index (κ2) is 5.47. The Labute approximate surface area is 118 Å². The fourth-order valence-corrected chi connectivity index (χ4v) is 2.80. The van der Waals surface area contributed by atoms with Crippen molar-refractivity contribution in [3.8, 4) is 11.1 Å². The summed E-state index contributed by atoms with van der Waals surface area (Å²) in [4.78, 5) is 11.4. The number of carbonyl (C=O) groups is 1. The smallest absolute Gasteiger partial charge is 0.246 e. The molecule has 102 valence electrons. The van der Waals surface area contributed by atoms with Crippen molar-refractivity contribution in [1.29, 1.82) is 0 Å². The fraction of sp³-hybridized carbons (Fsp3) is 0.235. The number of aliphatic hydroxyl groups is 1. The normalized spacial score (nSPS) is 16.8. The van der Waals surface area contributed by atoms with E-state index >= 15 is 0 Å². The molecule has 1 amide bonds. The monoisotopic (exact) mass is 267 g/mol. The average molecular weight is 267 g/mol. The van der Waals surface area contributed by atoms with Gasteiger partial charge in [-0.25, -0.2) is 0 Å². The summed E-state index contributed by atoms with van der Waals surface area (Å²) in [6, 6.07) is 16.7. The number of aryl methyl sites for hydroxylation is 1. The molecule has 0 radical (unpaired) electrons. The van der Waals surface area contributed by atoms with Gasteiger partial charge in [-0.3, -0.25) is 4.79 Å². The van der Waals surface area contributed by atoms with Gasteiger partial charge < -0.3 is 10.4 Å². The summed E-state index contributed by atoms with van der Waals surface area (Å²) >= 11 is 0. The third-order valence-electron chi connectivity index (χ3n) is 3.81. The van der Waals surface area contributed by atoms with E-state index in [1.165, 1.54) is 16.7 Å². The highest BCUT2D eigenvalue weighted by Gasteiger charge is 2.24. The van der Waals surface area contributed by atoms with Gasteiger partial charge >= 0.3 is 0 Å². The van der Waals surface area contributed by atoms with Crippen molar-refractivity contribution in [2.75, 3.05) is 6.61 Å². The molecular weight excluding hydrogens is 250 g/mol. The van der Waals surface area contributed by atoms with Crippen LogP contribution in [-0.4, -0.2) is 17.6 Å². The van der Waals surface area contributed by atoms with Gasteiger partial charge in [0.15, 0.2) is 0 Å². The standard InChI is InChI=1S/C17H17NO2/c19-11-17(20)18-16-9-8-13-6-7-14(10-15(13)16)12-4-2-1-3-5-12/h1-7,10,16,19H,8-9,11H2,(H,18,20)/t16-/m1/s1. The molecule has 0 heterocycles. The minimum atomic E-state index is -0.454. The molecule has 1 atom stereocenters. The Morgan fingerprint density at radius 2 is 1.95 bits per heavy atom. The first-order valence-corrected chi connectivity index (χ1v) is 6.86. The molecule has 0 spiro atoms. The van der Waals surface area contributed by atoms with Crippen LogP contribution < -0.4 is 5.32 Å². The van der Waals surface area contributed by atoms with E-state index in [1.807, 2.05) is 18.2 Å². The number of nitrogens with one attached hydrogen (secondary N) is 1. The fourth-order valence-electron chi connectivity index (χ4n) is 2.80. The minimum absolute atomic E-state index is 0.0216. The Morgan fingerprint density at radius 1 is 1.15 bits per heavy atom. The van der Waals surface area contributed by atoms with Crippen LogP contribution in [0.3, 0.4) is 0 Å². The lowest BCUT2D eigenvalue weighted by Gasteiger charge is -2.14. The summed E-state index contributed by atoms with van der Waals surface area (Å²) in [5.74, 6) is -0.312. The van der Waals surface area contributed by atoms with E-state index < -0.39 is 6.61 Å². The van der Waals surface area contributed by atoms with E-state index in [4.69, 9.17) is 5.11 Å². The van der Waals surface area contributed by atoms with Gasteiger partial charge in [-0.2, -0.15) is 0 Å². The number of rotatable bonds is 3. The summed E-state index contributed by atoms with van der Waals surface area (Å²) in [7, 11) is 0. The summed E-state index contributed by atoms with van der Waals surface area (Å²) in [6.07, 6.45) is 1.88. The van der Waals surface area contributed by atoms with Gasteiger partial charge in [0.2, 0.25) is 5.91 Å². The highest BCUT2D eigenvalue weighted by molar-refractivity contribution is 5.77. The minimum Gasteiger partial charge on any atom is -0.387 e. The second-order valence-electron chi connectivity index (χ2n) is 5.10. The summed E-state index contributed by atoms with van der Waals surface area (Å²) in [5.41, 5.74) is 4.80. The van der Waals surface area contributed by atoms with E-state index in [9.17, 15) is 4.79 Å². The lowest BCUT2D eigenvalue weighted by atomic mass is 9.99. The van der Waals surface area contributed by atoms with Gasteiger partial charge in [0.25, 0.3) is 0 Å². The van der Waals surface area contributed by atoms with Crippen LogP contribution in [0.25, 0.3) is 11.1 Å². The molecule has 3 nitrogen and oxygen atoms in total. The summed E-state index contributed by atoms with van der Waals surface area (Å²) in [5, 5.41) is 11.7. The van der Waals surface area contributed by atoms with Crippen molar-refractivity contribution in [2.24, 2.45) is 0 Å². The Hall–Kier alpha value is -2.13. The number of carbonyl (C=O) groups excluding carboxylic acids is 1. The number of hydrogen-bond acceptors (Lipinski definition) is 2. The molecule has 3 rings (SSSR count). The van der Waals surface area contributed by atoms with Crippen molar-refractivity contribution in [3.05, 3.63) is 59.7 Å². The number of hydrogen-bond donors (Lipinski definition) is 2. The predicted molar refractivity (Wildman–Crippen MR) is 78.2 cm³/mol. The first-order valence-electron chi connectivity index (χ1n) is 6.86. The Bertz CT molecular complexity index is 622. The van der Waals surface area contributed by atoms with Crippen LogP contribution in [0.4, 0.5) is 0 Å². The van der Waals surface area contributed by atoms with Crippen LogP contribution in [0, 0.1) is 0 Å².